The van der Waals surface area contributed by atoms with E-state index < -0.39 is 10.5 Å². The Hall–Kier alpha value is -1.25. The van der Waals surface area contributed by atoms with Gasteiger partial charge in [0.1, 0.15) is 6.20 Å². The zero-order valence-electron chi connectivity index (χ0n) is 8.71. The van der Waals surface area contributed by atoms with E-state index in [1.54, 1.807) is 6.92 Å². The lowest BCUT2D eigenvalue weighted by Crippen LogP contribution is -2.45. The van der Waals surface area contributed by atoms with Crippen LogP contribution in [0.2, 0.25) is 0 Å². The van der Waals surface area contributed by atoms with Gasteiger partial charge in [0.2, 0.25) is 0 Å². The Labute approximate surface area is 95.9 Å². The normalized spacial score (nSPS) is 11.4. The van der Waals surface area contributed by atoms with Crippen LogP contribution in [0.4, 0.5) is 10.1 Å². The highest BCUT2D eigenvalue weighted by atomic mass is 32.1. The third kappa shape index (κ3) is 2.65. The van der Waals surface area contributed by atoms with Crippen LogP contribution in [0.25, 0.3) is 0 Å². The molecule has 0 atom stereocenters. The van der Waals surface area contributed by atoms with Gasteiger partial charge in [-0.1, -0.05) is 6.92 Å². The van der Waals surface area contributed by atoms with E-state index in [1.807, 2.05) is 0 Å². The first-order chi connectivity index (χ1) is 7.56. The van der Waals surface area contributed by atoms with Crippen molar-refractivity contribution in [2.75, 3.05) is 18.5 Å². The first-order valence-electron chi connectivity index (χ1n) is 4.67. The predicted molar refractivity (Wildman–Crippen MR) is 59.6 cm³/mol. The van der Waals surface area contributed by atoms with E-state index in [1.165, 1.54) is 0 Å². The van der Waals surface area contributed by atoms with Crippen molar-refractivity contribution in [3.8, 4) is 0 Å². The number of hydrogen-bond acceptors (Lipinski definition) is 7. The minimum Gasteiger partial charge on any atom is -0.394 e. The SMILES string of the molecule is CCC(CO)(CO)Nc1ncc([N+](=O)[O-])s1. The van der Waals surface area contributed by atoms with Crippen molar-refractivity contribution in [1.29, 1.82) is 0 Å². The molecule has 1 heterocycles. The van der Waals surface area contributed by atoms with Gasteiger partial charge in [-0.3, -0.25) is 10.1 Å². The number of aromatic nitrogens is 1. The molecule has 0 amide bonds. The minimum atomic E-state index is -0.883. The average molecular weight is 247 g/mol. The molecule has 1 aromatic heterocycles. The van der Waals surface area contributed by atoms with Crippen LogP contribution in [-0.4, -0.2) is 38.9 Å². The number of nitro groups is 1. The lowest BCUT2D eigenvalue weighted by atomic mass is 9.99. The van der Waals surface area contributed by atoms with Gasteiger partial charge in [-0.25, -0.2) is 4.98 Å². The number of thiazole rings is 1. The molecule has 0 bridgehead atoms. The number of rotatable bonds is 6. The predicted octanol–water partition coefficient (Wildman–Crippen LogP) is 0.597. The Kier molecular flexibility index (Phi) is 4.16. The zero-order chi connectivity index (χ0) is 12.2. The van der Waals surface area contributed by atoms with Gasteiger partial charge in [0.15, 0.2) is 5.13 Å². The second-order valence-corrected chi connectivity index (χ2v) is 4.34. The van der Waals surface area contributed by atoms with E-state index in [0.717, 1.165) is 17.5 Å². The third-order valence-electron chi connectivity index (χ3n) is 2.33. The van der Waals surface area contributed by atoms with Crippen molar-refractivity contribution in [3.05, 3.63) is 16.3 Å². The smallest absolute Gasteiger partial charge is 0.345 e. The van der Waals surface area contributed by atoms with E-state index in [0.29, 0.717) is 11.6 Å². The highest BCUT2D eigenvalue weighted by Crippen LogP contribution is 2.28. The second kappa shape index (κ2) is 5.19. The van der Waals surface area contributed by atoms with Crippen LogP contribution in [0.15, 0.2) is 6.20 Å². The number of nitrogens with zero attached hydrogens (tertiary/aromatic N) is 2. The highest BCUT2D eigenvalue weighted by Gasteiger charge is 2.28. The van der Waals surface area contributed by atoms with Gasteiger partial charge >= 0.3 is 5.00 Å². The number of aliphatic hydroxyl groups excluding tert-OH is 2. The summed E-state index contributed by atoms with van der Waals surface area (Å²) in [6.07, 6.45) is 1.62. The van der Waals surface area contributed by atoms with Crippen LogP contribution >= 0.6 is 11.3 Å². The number of aliphatic hydroxyl groups is 2. The molecule has 7 nitrogen and oxygen atoms in total. The molecule has 0 saturated carbocycles. The summed E-state index contributed by atoms with van der Waals surface area (Å²) in [5.41, 5.74) is -0.883. The maximum absolute atomic E-state index is 10.4. The van der Waals surface area contributed by atoms with Crippen molar-refractivity contribution in [1.82, 2.24) is 4.98 Å². The topological polar surface area (TPSA) is 109 Å². The largest absolute Gasteiger partial charge is 0.394 e. The molecule has 1 rings (SSSR count). The molecule has 0 radical (unpaired) electrons. The molecule has 0 saturated heterocycles. The van der Waals surface area contributed by atoms with Gasteiger partial charge in [0.05, 0.1) is 23.7 Å². The van der Waals surface area contributed by atoms with E-state index in [9.17, 15) is 20.3 Å². The molecule has 0 spiro atoms. The lowest BCUT2D eigenvalue weighted by Gasteiger charge is -2.29. The molecule has 0 aliphatic heterocycles. The molecule has 0 aromatic carbocycles. The summed E-state index contributed by atoms with van der Waals surface area (Å²) < 4.78 is 0. The number of hydrogen-bond donors (Lipinski definition) is 3. The third-order valence-corrected chi connectivity index (χ3v) is 3.19. The fourth-order valence-electron chi connectivity index (χ4n) is 1.08. The summed E-state index contributed by atoms with van der Waals surface area (Å²) in [5, 5.41) is 31.8. The molecular formula is C8H13N3O4S. The van der Waals surface area contributed by atoms with Gasteiger partial charge < -0.3 is 15.5 Å². The molecule has 0 unspecified atom stereocenters. The van der Waals surface area contributed by atoms with Crippen molar-refractivity contribution in [3.63, 3.8) is 0 Å². The van der Waals surface area contributed by atoms with Crippen molar-refractivity contribution in [2.24, 2.45) is 0 Å². The van der Waals surface area contributed by atoms with Crippen molar-refractivity contribution in [2.45, 2.75) is 18.9 Å². The van der Waals surface area contributed by atoms with Crippen LogP contribution in [0.1, 0.15) is 13.3 Å². The molecule has 90 valence electrons. The van der Waals surface area contributed by atoms with E-state index in [2.05, 4.69) is 10.3 Å². The monoisotopic (exact) mass is 247 g/mol. The molecule has 0 fully saturated rings. The lowest BCUT2D eigenvalue weighted by molar-refractivity contribution is -0.380. The first-order valence-corrected chi connectivity index (χ1v) is 5.48. The van der Waals surface area contributed by atoms with Gasteiger partial charge in [-0.2, -0.15) is 0 Å². The van der Waals surface area contributed by atoms with Crippen LogP contribution in [0.5, 0.6) is 0 Å². The van der Waals surface area contributed by atoms with Crippen LogP contribution in [0.3, 0.4) is 0 Å². The van der Waals surface area contributed by atoms with Crippen molar-refractivity contribution < 1.29 is 15.1 Å². The summed E-state index contributed by atoms with van der Waals surface area (Å²) in [6.45, 7) is 1.25. The maximum atomic E-state index is 10.4. The Balaban J connectivity index is 2.81. The Morgan fingerprint density at radius 3 is 2.62 bits per heavy atom. The summed E-state index contributed by atoms with van der Waals surface area (Å²) >= 11 is 0.870. The van der Waals surface area contributed by atoms with Crippen LogP contribution < -0.4 is 5.32 Å². The van der Waals surface area contributed by atoms with Gasteiger partial charge in [-0.15, -0.1) is 0 Å². The molecule has 16 heavy (non-hydrogen) atoms. The molecule has 0 aliphatic carbocycles. The van der Waals surface area contributed by atoms with Gasteiger partial charge in [-0.05, 0) is 17.8 Å². The Morgan fingerprint density at radius 2 is 2.25 bits per heavy atom. The standard InChI is InChI=1S/C8H13N3O4S/c1-2-8(4-12,5-13)10-7-9-3-6(16-7)11(14)15/h3,12-13H,2,4-5H2,1H3,(H,9,10). The first kappa shape index (κ1) is 12.8. The Bertz CT molecular complexity index is 356. The van der Waals surface area contributed by atoms with Crippen molar-refractivity contribution >= 4 is 21.5 Å². The quantitative estimate of drug-likeness (QED) is 0.501. The zero-order valence-corrected chi connectivity index (χ0v) is 9.53. The Morgan fingerprint density at radius 1 is 1.62 bits per heavy atom. The number of anilines is 1. The van der Waals surface area contributed by atoms with E-state index >= 15 is 0 Å². The highest BCUT2D eigenvalue weighted by molar-refractivity contribution is 7.18. The molecule has 8 heteroatoms. The number of nitrogens with one attached hydrogen (secondary N) is 1. The minimum absolute atomic E-state index is 0.0802. The molecular weight excluding hydrogens is 234 g/mol. The summed E-state index contributed by atoms with van der Waals surface area (Å²) in [6, 6.07) is 0. The van der Waals surface area contributed by atoms with Crippen LogP contribution in [-0.2, 0) is 0 Å². The second-order valence-electron chi connectivity index (χ2n) is 3.34. The summed E-state index contributed by atoms with van der Waals surface area (Å²) in [5.74, 6) is 0. The van der Waals surface area contributed by atoms with E-state index in [4.69, 9.17) is 0 Å². The van der Waals surface area contributed by atoms with Crippen LogP contribution in [0, 0.1) is 10.1 Å². The molecule has 3 N–H and O–H groups in total. The summed E-state index contributed by atoms with van der Waals surface area (Å²) in [7, 11) is 0. The fraction of sp³-hybridized carbons (Fsp3) is 0.625. The van der Waals surface area contributed by atoms with Gasteiger partial charge in [0, 0.05) is 0 Å². The fourth-order valence-corrected chi connectivity index (χ4v) is 1.83. The summed E-state index contributed by atoms with van der Waals surface area (Å²) in [4.78, 5) is 13.7. The van der Waals surface area contributed by atoms with E-state index in [-0.39, 0.29) is 18.2 Å². The average Bonchev–Trinajstić information content (AvgIpc) is 2.74. The maximum Gasteiger partial charge on any atom is 0.345 e. The molecule has 0 aliphatic rings. The van der Waals surface area contributed by atoms with Gasteiger partial charge in [0.25, 0.3) is 0 Å². The molecule has 1 aromatic rings.